The first-order valence-electron chi connectivity index (χ1n) is 5.60. The van der Waals surface area contributed by atoms with Gasteiger partial charge >= 0.3 is 0 Å². The van der Waals surface area contributed by atoms with E-state index in [1.54, 1.807) is 10.4 Å². The van der Waals surface area contributed by atoms with Crippen LogP contribution in [0.25, 0.3) is 11.1 Å². The molecule has 0 unspecified atom stereocenters. The molecule has 0 aliphatic carbocycles. The highest BCUT2D eigenvalue weighted by molar-refractivity contribution is 9.10. The minimum absolute atomic E-state index is 1.16. The molecular weight excluding hydrogens is 356 g/mol. The third-order valence-corrected chi connectivity index (χ3v) is 8.15. The molecule has 2 aromatic carbocycles. The smallest absolute Gasteiger partial charge is 0.0616 e. The molecule has 0 spiro atoms. The van der Waals surface area contributed by atoms with Crippen molar-refractivity contribution in [2.75, 3.05) is 0 Å². The van der Waals surface area contributed by atoms with Gasteiger partial charge in [0, 0.05) is 8.95 Å². The van der Waals surface area contributed by atoms with Crippen molar-refractivity contribution < 1.29 is 0 Å². The molecule has 0 nitrogen and oxygen atoms in total. The van der Waals surface area contributed by atoms with Crippen LogP contribution in [0.1, 0.15) is 0 Å². The van der Waals surface area contributed by atoms with E-state index in [9.17, 15) is 0 Å². The van der Waals surface area contributed by atoms with Gasteiger partial charge in [0.15, 0.2) is 0 Å². The molecule has 0 bridgehead atoms. The number of hydrogen-bond donors (Lipinski definition) is 0. The first-order chi connectivity index (χ1) is 8.00. The van der Waals surface area contributed by atoms with Crippen molar-refractivity contribution in [3.8, 4) is 11.1 Å². The predicted octanol–water partition coefficient (Wildman–Crippen LogP) is 4.01. The Morgan fingerprint density at radius 3 is 1.59 bits per heavy atom. The fourth-order valence-corrected chi connectivity index (χ4v) is 6.49. The first kappa shape index (κ1) is 11.7. The zero-order valence-electron chi connectivity index (χ0n) is 9.72. The van der Waals surface area contributed by atoms with Crippen LogP contribution in [0.4, 0.5) is 0 Å². The van der Waals surface area contributed by atoms with Crippen molar-refractivity contribution in [2.24, 2.45) is 0 Å². The van der Waals surface area contributed by atoms with Gasteiger partial charge in [0.1, 0.15) is 8.07 Å². The largest absolute Gasteiger partial charge is 0.113 e. The van der Waals surface area contributed by atoms with Gasteiger partial charge in [0.25, 0.3) is 0 Å². The third kappa shape index (κ3) is 1.67. The minimum Gasteiger partial charge on any atom is -0.0616 e. The van der Waals surface area contributed by atoms with Crippen molar-refractivity contribution in [1.82, 2.24) is 0 Å². The lowest BCUT2D eigenvalue weighted by Crippen LogP contribution is -2.49. The van der Waals surface area contributed by atoms with Crippen LogP contribution in [0.2, 0.25) is 13.1 Å². The molecule has 0 amide bonds. The van der Waals surface area contributed by atoms with E-state index < -0.39 is 8.07 Å². The van der Waals surface area contributed by atoms with Gasteiger partial charge in [-0.2, -0.15) is 0 Å². The van der Waals surface area contributed by atoms with Crippen molar-refractivity contribution in [2.45, 2.75) is 13.1 Å². The maximum Gasteiger partial charge on any atom is 0.113 e. The molecule has 0 N–H and O–H groups in total. The number of rotatable bonds is 0. The Morgan fingerprint density at radius 1 is 0.765 bits per heavy atom. The van der Waals surface area contributed by atoms with Gasteiger partial charge in [-0.05, 0) is 45.8 Å². The second-order valence-electron chi connectivity index (χ2n) is 5.00. The minimum atomic E-state index is -1.47. The quantitative estimate of drug-likeness (QED) is 0.617. The summed E-state index contributed by atoms with van der Waals surface area (Å²) < 4.78 is 2.32. The lowest BCUT2D eigenvalue weighted by molar-refractivity contribution is 1.64. The molecule has 0 aromatic heterocycles. The van der Waals surface area contributed by atoms with E-state index in [1.165, 1.54) is 11.1 Å². The van der Waals surface area contributed by atoms with E-state index >= 15 is 0 Å². The highest BCUT2D eigenvalue weighted by Gasteiger charge is 2.37. The number of halogens is 2. The van der Waals surface area contributed by atoms with Crippen LogP contribution in [0.5, 0.6) is 0 Å². The summed E-state index contributed by atoms with van der Waals surface area (Å²) in [6.45, 7) is 4.86. The Labute approximate surface area is 119 Å². The lowest BCUT2D eigenvalue weighted by atomic mass is 10.1. The Morgan fingerprint density at radius 2 is 1.18 bits per heavy atom. The average Bonchev–Trinajstić information content (AvgIpc) is 2.47. The molecule has 0 saturated carbocycles. The van der Waals surface area contributed by atoms with Crippen LogP contribution in [-0.2, 0) is 0 Å². The first-order valence-corrected chi connectivity index (χ1v) is 10.2. The van der Waals surface area contributed by atoms with Crippen LogP contribution in [-0.4, -0.2) is 8.07 Å². The predicted molar refractivity (Wildman–Crippen MR) is 84.0 cm³/mol. The average molecular weight is 368 g/mol. The topological polar surface area (TPSA) is 0 Å². The molecular formula is C14H12Br2Si. The second-order valence-corrected chi connectivity index (χ2v) is 11.2. The standard InChI is InChI=1S/C14H12Br2Si/c1-17(2)13-5-3-9(15)7-11(13)12-8-10(16)4-6-14(12)17/h3-8H,1-2H3. The van der Waals surface area contributed by atoms with E-state index in [1.807, 2.05) is 0 Å². The summed E-state index contributed by atoms with van der Waals surface area (Å²) in [5, 5.41) is 3.10. The van der Waals surface area contributed by atoms with Crippen LogP contribution >= 0.6 is 31.9 Å². The van der Waals surface area contributed by atoms with Crippen LogP contribution < -0.4 is 10.4 Å². The monoisotopic (exact) mass is 366 g/mol. The number of fused-ring (bicyclic) bond motifs is 3. The van der Waals surface area contributed by atoms with Gasteiger partial charge in [-0.3, -0.25) is 0 Å². The molecule has 3 heteroatoms. The van der Waals surface area contributed by atoms with Gasteiger partial charge in [0.2, 0.25) is 0 Å². The van der Waals surface area contributed by atoms with Gasteiger partial charge < -0.3 is 0 Å². The molecule has 0 atom stereocenters. The normalized spacial score (nSPS) is 15.5. The van der Waals surface area contributed by atoms with Gasteiger partial charge in [-0.1, -0.05) is 57.1 Å². The molecule has 0 radical (unpaired) electrons. The van der Waals surface area contributed by atoms with E-state index in [0.29, 0.717) is 0 Å². The zero-order valence-corrected chi connectivity index (χ0v) is 13.9. The Balaban J connectivity index is 2.39. The molecule has 0 saturated heterocycles. The Bertz CT molecular complexity index is 564. The van der Waals surface area contributed by atoms with Crippen LogP contribution in [0.3, 0.4) is 0 Å². The van der Waals surface area contributed by atoms with Crippen LogP contribution in [0.15, 0.2) is 45.3 Å². The van der Waals surface area contributed by atoms with Crippen molar-refractivity contribution in [3.63, 3.8) is 0 Å². The molecule has 3 rings (SSSR count). The molecule has 1 heterocycles. The molecule has 2 aromatic rings. The molecule has 86 valence electrons. The number of hydrogen-bond acceptors (Lipinski definition) is 0. The Kier molecular flexibility index (Phi) is 2.62. The third-order valence-electron chi connectivity index (χ3n) is 3.60. The van der Waals surface area contributed by atoms with Gasteiger partial charge in [0.05, 0.1) is 0 Å². The van der Waals surface area contributed by atoms with E-state index in [4.69, 9.17) is 0 Å². The van der Waals surface area contributed by atoms with Crippen molar-refractivity contribution in [3.05, 3.63) is 45.3 Å². The number of benzene rings is 2. The summed E-state index contributed by atoms with van der Waals surface area (Å²) in [7, 11) is -1.47. The summed E-state index contributed by atoms with van der Waals surface area (Å²) in [5.41, 5.74) is 2.82. The highest BCUT2D eigenvalue weighted by Crippen LogP contribution is 2.31. The Hall–Kier alpha value is -0.383. The molecule has 1 aliphatic heterocycles. The summed E-state index contributed by atoms with van der Waals surface area (Å²) >= 11 is 7.15. The van der Waals surface area contributed by atoms with Gasteiger partial charge in [-0.15, -0.1) is 0 Å². The van der Waals surface area contributed by atoms with E-state index in [2.05, 4.69) is 81.4 Å². The lowest BCUT2D eigenvalue weighted by Gasteiger charge is -2.18. The van der Waals surface area contributed by atoms with E-state index in [0.717, 1.165) is 8.95 Å². The molecule has 17 heavy (non-hydrogen) atoms. The fraction of sp³-hybridized carbons (Fsp3) is 0.143. The summed E-state index contributed by atoms with van der Waals surface area (Å²) in [6.07, 6.45) is 0. The van der Waals surface area contributed by atoms with Crippen molar-refractivity contribution in [1.29, 1.82) is 0 Å². The van der Waals surface area contributed by atoms with Gasteiger partial charge in [-0.25, -0.2) is 0 Å². The van der Waals surface area contributed by atoms with Crippen molar-refractivity contribution >= 4 is 50.3 Å². The highest BCUT2D eigenvalue weighted by atomic mass is 79.9. The molecule has 1 aliphatic rings. The summed E-state index contributed by atoms with van der Waals surface area (Å²) in [6, 6.07) is 13.4. The van der Waals surface area contributed by atoms with Crippen LogP contribution in [0, 0.1) is 0 Å². The fourth-order valence-electron chi connectivity index (χ4n) is 2.71. The maximum absolute atomic E-state index is 3.58. The summed E-state index contributed by atoms with van der Waals surface area (Å²) in [5.74, 6) is 0. The SMILES string of the molecule is C[Si]1(C)c2ccc(Br)cc2-c2cc(Br)ccc21. The second kappa shape index (κ2) is 3.80. The maximum atomic E-state index is 3.58. The van der Waals surface area contributed by atoms with E-state index in [-0.39, 0.29) is 0 Å². The zero-order chi connectivity index (χ0) is 12.2. The summed E-state index contributed by atoms with van der Waals surface area (Å²) in [4.78, 5) is 0. The molecule has 0 fully saturated rings.